The summed E-state index contributed by atoms with van der Waals surface area (Å²) < 4.78 is 1.92. The van der Waals surface area contributed by atoms with Crippen molar-refractivity contribution in [2.75, 3.05) is 0 Å². The molecule has 0 bridgehead atoms. The van der Waals surface area contributed by atoms with Gasteiger partial charge in [0.25, 0.3) is 5.56 Å². The molecule has 1 aromatic heterocycles. The van der Waals surface area contributed by atoms with Gasteiger partial charge in [0, 0.05) is 30.8 Å². The zero-order valence-electron chi connectivity index (χ0n) is 15.1. The number of carbonyl (C=O) groups is 1. The molecule has 0 unspecified atom stereocenters. The van der Waals surface area contributed by atoms with E-state index in [2.05, 4.69) is 39.9 Å². The van der Waals surface area contributed by atoms with E-state index < -0.39 is 0 Å². The van der Waals surface area contributed by atoms with Crippen LogP contribution in [0.2, 0.25) is 0 Å². The summed E-state index contributed by atoms with van der Waals surface area (Å²) in [7, 11) is 0. The normalized spacial score (nSPS) is 17.9. The van der Waals surface area contributed by atoms with Gasteiger partial charge in [-0.05, 0) is 36.2 Å². The third kappa shape index (κ3) is 4.95. The minimum absolute atomic E-state index is 0.00834. The Labute approximate surface area is 139 Å². The maximum atomic E-state index is 12.1. The molecule has 23 heavy (non-hydrogen) atoms. The van der Waals surface area contributed by atoms with Crippen LogP contribution in [0, 0.1) is 11.3 Å². The third-order valence-electron chi connectivity index (χ3n) is 4.19. The van der Waals surface area contributed by atoms with Gasteiger partial charge in [-0.2, -0.15) is 0 Å². The van der Waals surface area contributed by atoms with E-state index in [0.29, 0.717) is 12.3 Å². The quantitative estimate of drug-likeness (QED) is 0.928. The van der Waals surface area contributed by atoms with E-state index in [9.17, 15) is 9.59 Å². The minimum atomic E-state index is 0.00834. The molecule has 4 nitrogen and oxygen atoms in total. The fraction of sp³-hybridized carbons (Fsp3) is 0.684. The van der Waals surface area contributed by atoms with E-state index in [1.807, 2.05) is 10.6 Å². The Bertz CT molecular complexity index is 623. The summed E-state index contributed by atoms with van der Waals surface area (Å²) >= 11 is 0. The zero-order valence-corrected chi connectivity index (χ0v) is 15.1. The van der Waals surface area contributed by atoms with E-state index >= 15 is 0 Å². The zero-order chi connectivity index (χ0) is 17.2. The average Bonchev–Trinajstić information content (AvgIpc) is 2.39. The first-order valence-corrected chi connectivity index (χ1v) is 8.66. The SMILES string of the molecule is CC(C)Cn1c2c(ccc1=O)C[C@@H](NC(=O)CC(C)(C)C)CC2. The van der Waals surface area contributed by atoms with Gasteiger partial charge < -0.3 is 9.88 Å². The second kappa shape index (κ2) is 6.90. The van der Waals surface area contributed by atoms with Crippen LogP contribution in [0.1, 0.15) is 58.7 Å². The molecule has 0 saturated carbocycles. The van der Waals surface area contributed by atoms with Gasteiger partial charge in [0.2, 0.25) is 5.91 Å². The first-order valence-electron chi connectivity index (χ1n) is 8.66. The fourth-order valence-corrected chi connectivity index (χ4v) is 3.27. The number of amides is 1. The molecule has 0 spiro atoms. The molecular formula is C19H30N2O2. The molecular weight excluding hydrogens is 288 g/mol. The maximum absolute atomic E-state index is 12.1. The van der Waals surface area contributed by atoms with Gasteiger partial charge in [-0.15, -0.1) is 0 Å². The molecule has 1 atom stereocenters. The number of hydrogen-bond acceptors (Lipinski definition) is 2. The van der Waals surface area contributed by atoms with Crippen molar-refractivity contribution in [1.82, 2.24) is 9.88 Å². The standard InChI is InChI=1S/C19H30N2O2/c1-13(2)12-21-16-8-7-15(10-14(16)6-9-18(21)23)20-17(22)11-19(3,4)5/h6,9,13,15H,7-8,10-12H2,1-5H3,(H,20,22)/t15-/m0/s1. The van der Waals surface area contributed by atoms with Crippen LogP contribution in [0.25, 0.3) is 0 Å². The summed E-state index contributed by atoms with van der Waals surface area (Å²) in [4.78, 5) is 24.3. The number of fused-ring (bicyclic) bond motifs is 1. The molecule has 0 fully saturated rings. The highest BCUT2D eigenvalue weighted by Crippen LogP contribution is 2.22. The number of pyridine rings is 1. The summed E-state index contributed by atoms with van der Waals surface area (Å²) in [5, 5.41) is 3.16. The topological polar surface area (TPSA) is 51.1 Å². The van der Waals surface area contributed by atoms with Gasteiger partial charge in [-0.1, -0.05) is 40.7 Å². The molecule has 1 amide bonds. The van der Waals surface area contributed by atoms with Crippen molar-refractivity contribution in [1.29, 1.82) is 0 Å². The summed E-state index contributed by atoms with van der Waals surface area (Å²) in [5.41, 5.74) is 2.46. The lowest BCUT2D eigenvalue weighted by Gasteiger charge is -2.29. The highest BCUT2D eigenvalue weighted by Gasteiger charge is 2.24. The van der Waals surface area contributed by atoms with Crippen molar-refractivity contribution in [3.8, 4) is 0 Å². The smallest absolute Gasteiger partial charge is 0.250 e. The summed E-state index contributed by atoms with van der Waals surface area (Å²) in [6.45, 7) is 11.3. The Balaban J connectivity index is 2.10. The van der Waals surface area contributed by atoms with E-state index in [-0.39, 0.29) is 22.9 Å². The predicted molar refractivity (Wildman–Crippen MR) is 93.6 cm³/mol. The maximum Gasteiger partial charge on any atom is 0.250 e. The van der Waals surface area contributed by atoms with E-state index in [4.69, 9.17) is 0 Å². The van der Waals surface area contributed by atoms with Crippen LogP contribution in [-0.4, -0.2) is 16.5 Å². The second-order valence-corrected chi connectivity index (χ2v) is 8.39. The van der Waals surface area contributed by atoms with Crippen LogP contribution >= 0.6 is 0 Å². The Morgan fingerprint density at radius 1 is 1.35 bits per heavy atom. The monoisotopic (exact) mass is 318 g/mol. The van der Waals surface area contributed by atoms with Crippen LogP contribution in [0.3, 0.4) is 0 Å². The molecule has 1 aliphatic rings. The largest absolute Gasteiger partial charge is 0.353 e. The van der Waals surface area contributed by atoms with Crippen molar-refractivity contribution < 1.29 is 4.79 Å². The number of carbonyl (C=O) groups excluding carboxylic acids is 1. The lowest BCUT2D eigenvalue weighted by atomic mass is 9.89. The third-order valence-corrected chi connectivity index (χ3v) is 4.19. The van der Waals surface area contributed by atoms with E-state index in [0.717, 1.165) is 31.5 Å². The van der Waals surface area contributed by atoms with Crippen LogP contribution in [0.4, 0.5) is 0 Å². The number of aromatic nitrogens is 1. The number of nitrogens with one attached hydrogen (secondary N) is 1. The minimum Gasteiger partial charge on any atom is -0.353 e. The molecule has 1 aromatic rings. The van der Waals surface area contributed by atoms with E-state index in [1.165, 1.54) is 5.56 Å². The molecule has 0 aliphatic heterocycles. The average molecular weight is 318 g/mol. The number of hydrogen-bond donors (Lipinski definition) is 1. The molecule has 2 rings (SSSR count). The Kier molecular flexibility index (Phi) is 5.33. The molecule has 4 heteroatoms. The van der Waals surface area contributed by atoms with Gasteiger partial charge in [-0.3, -0.25) is 9.59 Å². The van der Waals surface area contributed by atoms with Crippen molar-refractivity contribution >= 4 is 5.91 Å². The van der Waals surface area contributed by atoms with Gasteiger partial charge in [-0.25, -0.2) is 0 Å². The molecule has 1 aliphatic carbocycles. The number of rotatable bonds is 4. The Morgan fingerprint density at radius 3 is 2.65 bits per heavy atom. The molecule has 1 heterocycles. The molecule has 1 N–H and O–H groups in total. The lowest BCUT2D eigenvalue weighted by molar-refractivity contribution is -0.123. The van der Waals surface area contributed by atoms with Gasteiger partial charge in [0.15, 0.2) is 0 Å². The summed E-state index contributed by atoms with van der Waals surface area (Å²) in [6, 6.07) is 3.79. The lowest BCUT2D eigenvalue weighted by Crippen LogP contribution is -2.41. The summed E-state index contributed by atoms with van der Waals surface area (Å²) in [6.07, 6.45) is 3.13. The number of nitrogens with zero attached hydrogens (tertiary/aromatic N) is 1. The highest BCUT2D eigenvalue weighted by molar-refractivity contribution is 5.77. The van der Waals surface area contributed by atoms with Crippen LogP contribution in [-0.2, 0) is 24.2 Å². The fourth-order valence-electron chi connectivity index (χ4n) is 3.27. The molecule has 0 radical (unpaired) electrons. The van der Waals surface area contributed by atoms with Gasteiger partial charge >= 0.3 is 0 Å². The van der Waals surface area contributed by atoms with Crippen LogP contribution < -0.4 is 10.9 Å². The van der Waals surface area contributed by atoms with Gasteiger partial charge in [0.1, 0.15) is 0 Å². The molecule has 0 saturated heterocycles. The Morgan fingerprint density at radius 2 is 2.04 bits per heavy atom. The van der Waals surface area contributed by atoms with Crippen LogP contribution in [0.5, 0.6) is 0 Å². The van der Waals surface area contributed by atoms with Crippen molar-refractivity contribution in [3.05, 3.63) is 33.7 Å². The molecule has 128 valence electrons. The molecule has 0 aromatic carbocycles. The first-order chi connectivity index (χ1) is 10.7. The first kappa shape index (κ1) is 17.8. The van der Waals surface area contributed by atoms with Crippen molar-refractivity contribution in [3.63, 3.8) is 0 Å². The van der Waals surface area contributed by atoms with Crippen molar-refractivity contribution in [2.45, 2.75) is 72.9 Å². The Hall–Kier alpha value is -1.58. The van der Waals surface area contributed by atoms with Crippen molar-refractivity contribution in [2.24, 2.45) is 11.3 Å². The predicted octanol–water partition coefficient (Wildman–Crippen LogP) is 2.91. The summed E-state index contributed by atoms with van der Waals surface area (Å²) in [5.74, 6) is 0.574. The van der Waals surface area contributed by atoms with Gasteiger partial charge in [0.05, 0.1) is 0 Å². The second-order valence-electron chi connectivity index (χ2n) is 8.39. The van der Waals surface area contributed by atoms with Crippen LogP contribution in [0.15, 0.2) is 16.9 Å². The van der Waals surface area contributed by atoms with E-state index in [1.54, 1.807) is 6.07 Å². The highest BCUT2D eigenvalue weighted by atomic mass is 16.1.